The number of nitrogens with zero attached hydrogens (tertiary/aromatic N) is 3. The molecule has 1 unspecified atom stereocenters. The van der Waals surface area contributed by atoms with Gasteiger partial charge in [0.2, 0.25) is 0 Å². The molecule has 198 valence electrons. The van der Waals surface area contributed by atoms with E-state index in [-0.39, 0.29) is 17.0 Å². The summed E-state index contributed by atoms with van der Waals surface area (Å²) in [5.41, 5.74) is 9.23. The van der Waals surface area contributed by atoms with E-state index in [2.05, 4.69) is 36.7 Å². The lowest BCUT2D eigenvalue weighted by atomic mass is 9.78. The first-order valence-corrected chi connectivity index (χ1v) is 12.6. The standard InChI is InChI=1S/C28H36N4O5/c1-28(2,3)26-12-18-11-21(19(15-29)16-30-5-6-31-7-9-37-10-8-31)25(36-4)13-20(18)23-14-24(33)22(27(34)35)17-32(23)26/h11,13-17,26H,5-10,12,29H2,1-4H3,(H,34,35)/b19-15+,30-16?. The lowest BCUT2D eigenvalue weighted by molar-refractivity contribution is 0.0395. The predicted molar refractivity (Wildman–Crippen MR) is 145 cm³/mol. The number of morpholine rings is 1. The SMILES string of the molecule is COc1cc2c(cc1/C(C=NCCN1CCOCC1)=C/N)CC(C(C)(C)C)n1cc(C(=O)O)c(=O)cc1-2. The first-order valence-electron chi connectivity index (χ1n) is 12.6. The molecule has 2 aromatic rings. The van der Waals surface area contributed by atoms with Crippen LogP contribution in [-0.4, -0.2) is 73.3 Å². The normalized spacial score (nSPS) is 18.5. The summed E-state index contributed by atoms with van der Waals surface area (Å²) >= 11 is 0. The number of fused-ring (bicyclic) bond motifs is 3. The highest BCUT2D eigenvalue weighted by atomic mass is 16.5. The zero-order valence-electron chi connectivity index (χ0n) is 22.0. The molecule has 0 saturated carbocycles. The fourth-order valence-corrected chi connectivity index (χ4v) is 5.03. The van der Waals surface area contributed by atoms with Crippen LogP contribution in [0, 0.1) is 5.41 Å². The molecule has 9 nitrogen and oxygen atoms in total. The summed E-state index contributed by atoms with van der Waals surface area (Å²) < 4.78 is 13.1. The maximum absolute atomic E-state index is 12.7. The molecule has 0 aliphatic carbocycles. The third-order valence-electron chi connectivity index (χ3n) is 7.13. The van der Waals surface area contributed by atoms with Crippen molar-refractivity contribution in [1.82, 2.24) is 9.47 Å². The van der Waals surface area contributed by atoms with Gasteiger partial charge in [-0.2, -0.15) is 0 Å². The van der Waals surface area contributed by atoms with Gasteiger partial charge in [-0.15, -0.1) is 0 Å². The molecule has 1 fully saturated rings. The summed E-state index contributed by atoms with van der Waals surface area (Å²) in [4.78, 5) is 31.3. The van der Waals surface area contributed by atoms with Crippen LogP contribution < -0.4 is 15.9 Å². The Bertz CT molecular complexity index is 1280. The van der Waals surface area contributed by atoms with Crippen LogP contribution >= 0.6 is 0 Å². The van der Waals surface area contributed by atoms with Crippen molar-refractivity contribution in [1.29, 1.82) is 0 Å². The van der Waals surface area contributed by atoms with Crippen LogP contribution in [0.3, 0.4) is 0 Å². The van der Waals surface area contributed by atoms with Crippen molar-refractivity contribution in [2.45, 2.75) is 33.2 Å². The molecule has 1 aromatic heterocycles. The smallest absolute Gasteiger partial charge is 0.341 e. The summed E-state index contributed by atoms with van der Waals surface area (Å²) in [6, 6.07) is 5.33. The Labute approximate surface area is 217 Å². The second kappa shape index (κ2) is 10.9. The van der Waals surface area contributed by atoms with Crippen molar-refractivity contribution >= 4 is 17.8 Å². The first-order chi connectivity index (χ1) is 17.6. The Balaban J connectivity index is 1.72. The van der Waals surface area contributed by atoms with Gasteiger partial charge < -0.3 is 24.9 Å². The number of rotatable bonds is 7. The fraction of sp³-hybridized carbons (Fsp3) is 0.464. The number of aromatic carboxylic acids is 1. The molecule has 4 rings (SSSR count). The summed E-state index contributed by atoms with van der Waals surface area (Å²) in [7, 11) is 1.59. The minimum absolute atomic E-state index is 0.0533. The number of pyridine rings is 1. The van der Waals surface area contributed by atoms with Crippen LogP contribution in [-0.2, 0) is 11.2 Å². The van der Waals surface area contributed by atoms with E-state index in [1.807, 2.05) is 10.6 Å². The van der Waals surface area contributed by atoms with Crippen LogP contribution in [0.15, 0.2) is 40.4 Å². The topological polar surface area (TPSA) is 119 Å². The van der Waals surface area contributed by atoms with E-state index in [9.17, 15) is 14.7 Å². The van der Waals surface area contributed by atoms with Gasteiger partial charge in [0.1, 0.15) is 11.3 Å². The number of carboxylic acids is 1. The molecule has 1 atom stereocenters. The quantitative estimate of drug-likeness (QED) is 0.552. The zero-order chi connectivity index (χ0) is 26.7. The lowest BCUT2D eigenvalue weighted by Crippen LogP contribution is -2.37. The number of methoxy groups -OCH3 is 1. The zero-order valence-corrected chi connectivity index (χ0v) is 22.0. The Morgan fingerprint density at radius 3 is 2.59 bits per heavy atom. The summed E-state index contributed by atoms with van der Waals surface area (Å²) in [5, 5.41) is 9.55. The highest BCUT2D eigenvalue weighted by Gasteiger charge is 2.34. The van der Waals surface area contributed by atoms with Crippen molar-refractivity contribution in [3.63, 3.8) is 0 Å². The predicted octanol–water partition coefficient (Wildman–Crippen LogP) is 3.07. The van der Waals surface area contributed by atoms with Crippen LogP contribution in [0.4, 0.5) is 0 Å². The van der Waals surface area contributed by atoms with E-state index < -0.39 is 11.4 Å². The van der Waals surface area contributed by atoms with Gasteiger partial charge in [0.05, 0.1) is 32.6 Å². The number of aliphatic imine (C=N–C) groups is 1. The molecule has 0 bridgehead atoms. The summed E-state index contributed by atoms with van der Waals surface area (Å²) in [6.45, 7) is 11.2. The van der Waals surface area contributed by atoms with Crippen molar-refractivity contribution in [2.24, 2.45) is 16.1 Å². The van der Waals surface area contributed by atoms with E-state index >= 15 is 0 Å². The lowest BCUT2D eigenvalue weighted by Gasteiger charge is -2.39. The molecule has 2 aliphatic heterocycles. The number of nitrogens with two attached hydrogens (primary N) is 1. The molecular formula is C28H36N4O5. The van der Waals surface area contributed by atoms with Crippen LogP contribution in [0.1, 0.15) is 48.3 Å². The van der Waals surface area contributed by atoms with E-state index in [0.29, 0.717) is 24.4 Å². The largest absolute Gasteiger partial charge is 0.496 e. The molecule has 37 heavy (non-hydrogen) atoms. The van der Waals surface area contributed by atoms with Gasteiger partial charge in [0.25, 0.3) is 0 Å². The number of hydrogen-bond acceptors (Lipinski definition) is 7. The second-order valence-corrected chi connectivity index (χ2v) is 10.6. The molecule has 3 heterocycles. The van der Waals surface area contributed by atoms with E-state index in [1.165, 1.54) is 18.5 Å². The van der Waals surface area contributed by atoms with Crippen LogP contribution in [0.25, 0.3) is 16.8 Å². The van der Waals surface area contributed by atoms with Crippen molar-refractivity contribution in [2.75, 3.05) is 46.5 Å². The van der Waals surface area contributed by atoms with Gasteiger partial charge in [-0.3, -0.25) is 14.7 Å². The molecule has 0 spiro atoms. The maximum atomic E-state index is 12.7. The van der Waals surface area contributed by atoms with Crippen LogP contribution in [0.5, 0.6) is 5.75 Å². The fourth-order valence-electron chi connectivity index (χ4n) is 5.03. The number of allylic oxidation sites excluding steroid dienone is 1. The Kier molecular flexibility index (Phi) is 7.85. The van der Waals surface area contributed by atoms with Gasteiger partial charge in [-0.1, -0.05) is 20.8 Å². The monoisotopic (exact) mass is 508 g/mol. The minimum Gasteiger partial charge on any atom is -0.496 e. The van der Waals surface area contributed by atoms with E-state index in [1.54, 1.807) is 13.3 Å². The summed E-state index contributed by atoms with van der Waals surface area (Å²) in [6.07, 6.45) is 5.46. The highest BCUT2D eigenvalue weighted by Crippen LogP contribution is 2.44. The average Bonchev–Trinajstić information content (AvgIpc) is 2.87. The number of carboxylic acid groups (broad SMARTS) is 1. The minimum atomic E-state index is -1.22. The van der Waals surface area contributed by atoms with E-state index in [4.69, 9.17) is 15.2 Å². The van der Waals surface area contributed by atoms with Gasteiger partial charge in [0.15, 0.2) is 5.43 Å². The molecule has 1 saturated heterocycles. The van der Waals surface area contributed by atoms with Gasteiger partial charge in [0, 0.05) is 67.1 Å². The molecular weight excluding hydrogens is 472 g/mol. The molecule has 0 radical (unpaired) electrons. The molecule has 2 aliphatic rings. The number of carbonyl (C=O) groups is 1. The average molecular weight is 509 g/mol. The number of aromatic nitrogens is 1. The summed E-state index contributed by atoms with van der Waals surface area (Å²) in [5.74, 6) is -0.622. The Hall–Kier alpha value is -3.43. The third kappa shape index (κ3) is 5.62. The van der Waals surface area contributed by atoms with Gasteiger partial charge >= 0.3 is 5.97 Å². The van der Waals surface area contributed by atoms with Crippen molar-refractivity contribution in [3.05, 3.63) is 57.5 Å². The maximum Gasteiger partial charge on any atom is 0.341 e. The molecule has 1 aromatic carbocycles. The van der Waals surface area contributed by atoms with Gasteiger partial charge in [-0.25, -0.2) is 4.79 Å². The van der Waals surface area contributed by atoms with Crippen LogP contribution in [0.2, 0.25) is 0 Å². The van der Waals surface area contributed by atoms with Crippen molar-refractivity contribution < 1.29 is 19.4 Å². The number of hydrogen-bond donors (Lipinski definition) is 2. The molecule has 0 amide bonds. The highest BCUT2D eigenvalue weighted by molar-refractivity contribution is 6.11. The molecule has 3 N–H and O–H groups in total. The number of ether oxygens (including phenoxy) is 2. The second-order valence-electron chi connectivity index (χ2n) is 10.6. The Morgan fingerprint density at radius 2 is 1.97 bits per heavy atom. The Morgan fingerprint density at radius 1 is 1.24 bits per heavy atom. The van der Waals surface area contributed by atoms with Crippen molar-refractivity contribution in [3.8, 4) is 17.0 Å². The molecule has 9 heteroatoms. The van der Waals surface area contributed by atoms with Gasteiger partial charge in [-0.05, 0) is 29.5 Å². The van der Waals surface area contributed by atoms with E-state index in [0.717, 1.165) is 55.1 Å². The third-order valence-corrected chi connectivity index (χ3v) is 7.13. The first kappa shape index (κ1) is 26.6. The number of benzene rings is 1.